The molecule has 31 heavy (non-hydrogen) atoms. The van der Waals surface area contributed by atoms with Gasteiger partial charge in [-0.1, -0.05) is 29.8 Å². The van der Waals surface area contributed by atoms with Crippen LogP contribution < -0.4 is 5.32 Å². The Labute approximate surface area is 185 Å². The second kappa shape index (κ2) is 9.23. The van der Waals surface area contributed by atoms with E-state index in [0.717, 1.165) is 51.1 Å². The Balaban J connectivity index is 1.25. The number of likely N-dealkylation sites (tertiary alicyclic amines) is 1. The fourth-order valence-corrected chi connectivity index (χ4v) is 4.67. The molecule has 5 nitrogen and oxygen atoms in total. The highest BCUT2D eigenvalue weighted by Crippen LogP contribution is 2.26. The fraction of sp³-hybridized carbons (Fsp3) is 0.462. The molecule has 2 heterocycles. The molecule has 0 spiro atoms. The number of nitrogens with one attached hydrogen (secondary N) is 1. The first-order valence-electron chi connectivity index (χ1n) is 11.4. The summed E-state index contributed by atoms with van der Waals surface area (Å²) in [6.07, 6.45) is 1.85. The topological polar surface area (TPSA) is 52.7 Å². The zero-order chi connectivity index (χ0) is 22.0. The molecule has 0 aromatic heterocycles. The van der Waals surface area contributed by atoms with Crippen LogP contribution >= 0.6 is 0 Å². The molecule has 1 unspecified atom stereocenters. The number of benzene rings is 2. The van der Waals surface area contributed by atoms with Crippen LogP contribution in [0.1, 0.15) is 44.6 Å². The fourth-order valence-electron chi connectivity index (χ4n) is 4.67. The Kier molecular flexibility index (Phi) is 6.42. The number of carbonyl (C=O) groups is 2. The molecule has 2 aromatic carbocycles. The van der Waals surface area contributed by atoms with Crippen LogP contribution in [-0.2, 0) is 17.8 Å². The summed E-state index contributed by atoms with van der Waals surface area (Å²) in [4.78, 5) is 29.7. The zero-order valence-electron chi connectivity index (χ0n) is 18.9. The van der Waals surface area contributed by atoms with E-state index in [1.165, 1.54) is 22.3 Å². The highest BCUT2D eigenvalue weighted by Gasteiger charge is 2.32. The molecule has 1 saturated heterocycles. The van der Waals surface area contributed by atoms with E-state index >= 15 is 0 Å². The van der Waals surface area contributed by atoms with Crippen molar-refractivity contribution in [2.45, 2.75) is 40.2 Å². The molecule has 0 radical (unpaired) electrons. The Morgan fingerprint density at radius 3 is 2.45 bits per heavy atom. The molecule has 0 bridgehead atoms. The highest BCUT2D eigenvalue weighted by atomic mass is 16.2. The minimum Gasteiger partial charge on any atom is -0.351 e. The number of fused-ring (bicyclic) bond motifs is 1. The van der Waals surface area contributed by atoms with Crippen LogP contribution in [0.3, 0.4) is 0 Å². The van der Waals surface area contributed by atoms with Gasteiger partial charge in [0.2, 0.25) is 5.91 Å². The quantitative estimate of drug-likeness (QED) is 0.810. The van der Waals surface area contributed by atoms with E-state index in [9.17, 15) is 9.59 Å². The van der Waals surface area contributed by atoms with E-state index in [1.54, 1.807) is 0 Å². The van der Waals surface area contributed by atoms with Crippen LogP contribution in [0.5, 0.6) is 0 Å². The van der Waals surface area contributed by atoms with Crippen LogP contribution in [0.25, 0.3) is 0 Å². The normalized spacial score (nSPS) is 18.7. The standard InChI is InChI=1S/C26H33N3O2/c1-18-4-6-21(7-5-18)25(30)27-10-13-28-11-8-23(16-28)26(31)29-12-9-22-14-19(2)20(3)15-24(22)17-29/h4-7,14-15,23H,8-13,16-17H2,1-3H3,(H,27,30). The van der Waals surface area contributed by atoms with Gasteiger partial charge < -0.3 is 15.1 Å². The van der Waals surface area contributed by atoms with Gasteiger partial charge >= 0.3 is 0 Å². The number of nitrogens with zero attached hydrogens (tertiary/aromatic N) is 2. The Bertz CT molecular complexity index is 967. The van der Waals surface area contributed by atoms with Crippen LogP contribution in [0.15, 0.2) is 36.4 Å². The first-order chi connectivity index (χ1) is 14.9. The van der Waals surface area contributed by atoms with Crippen LogP contribution in [0.4, 0.5) is 0 Å². The lowest BCUT2D eigenvalue weighted by Gasteiger charge is -2.31. The van der Waals surface area contributed by atoms with E-state index in [-0.39, 0.29) is 17.7 Å². The molecule has 2 aliphatic heterocycles. The van der Waals surface area contributed by atoms with Gasteiger partial charge in [0.05, 0.1) is 5.92 Å². The second-order valence-corrected chi connectivity index (χ2v) is 9.12. The van der Waals surface area contributed by atoms with Crippen molar-refractivity contribution in [1.82, 2.24) is 15.1 Å². The zero-order valence-corrected chi connectivity index (χ0v) is 18.9. The van der Waals surface area contributed by atoms with Crippen molar-refractivity contribution < 1.29 is 9.59 Å². The molecule has 0 aliphatic carbocycles. The molecule has 4 rings (SSSR count). The van der Waals surface area contributed by atoms with Gasteiger partial charge in [0.1, 0.15) is 0 Å². The summed E-state index contributed by atoms with van der Waals surface area (Å²) in [5.74, 6) is 0.320. The van der Waals surface area contributed by atoms with Crippen LogP contribution in [-0.4, -0.2) is 54.3 Å². The first-order valence-corrected chi connectivity index (χ1v) is 11.4. The van der Waals surface area contributed by atoms with Crippen molar-refractivity contribution >= 4 is 11.8 Å². The van der Waals surface area contributed by atoms with Gasteiger partial charge in [0.25, 0.3) is 5.91 Å². The molecule has 1 N–H and O–H groups in total. The van der Waals surface area contributed by atoms with Gasteiger partial charge in [0.15, 0.2) is 0 Å². The number of rotatable bonds is 5. The smallest absolute Gasteiger partial charge is 0.251 e. The van der Waals surface area contributed by atoms with E-state index in [0.29, 0.717) is 12.1 Å². The third-order valence-corrected chi connectivity index (χ3v) is 6.79. The maximum absolute atomic E-state index is 13.1. The number of aryl methyl sites for hydroxylation is 3. The molecule has 2 aliphatic rings. The van der Waals surface area contributed by atoms with Crippen molar-refractivity contribution in [1.29, 1.82) is 0 Å². The lowest BCUT2D eigenvalue weighted by Crippen LogP contribution is -2.41. The molecule has 5 heteroatoms. The third-order valence-electron chi connectivity index (χ3n) is 6.79. The molecular weight excluding hydrogens is 386 g/mol. The lowest BCUT2D eigenvalue weighted by molar-refractivity contribution is -0.136. The van der Waals surface area contributed by atoms with Crippen LogP contribution in [0, 0.1) is 26.7 Å². The number of hydrogen-bond acceptors (Lipinski definition) is 3. The third kappa shape index (κ3) is 4.99. The molecule has 2 aromatic rings. The molecular formula is C26H33N3O2. The minimum atomic E-state index is -0.0377. The summed E-state index contributed by atoms with van der Waals surface area (Å²) < 4.78 is 0. The van der Waals surface area contributed by atoms with Crippen molar-refractivity contribution in [2.24, 2.45) is 5.92 Å². The highest BCUT2D eigenvalue weighted by molar-refractivity contribution is 5.94. The average molecular weight is 420 g/mol. The summed E-state index contributed by atoms with van der Waals surface area (Å²) in [5.41, 5.74) is 7.16. The van der Waals surface area contributed by atoms with E-state index in [4.69, 9.17) is 0 Å². The monoisotopic (exact) mass is 419 g/mol. The molecule has 2 amide bonds. The van der Waals surface area contributed by atoms with E-state index in [1.807, 2.05) is 36.1 Å². The second-order valence-electron chi connectivity index (χ2n) is 9.12. The summed E-state index contributed by atoms with van der Waals surface area (Å²) in [7, 11) is 0. The van der Waals surface area contributed by atoms with Crippen molar-refractivity contribution in [2.75, 3.05) is 32.7 Å². The molecule has 1 atom stereocenters. The van der Waals surface area contributed by atoms with Gasteiger partial charge in [-0.3, -0.25) is 9.59 Å². The average Bonchev–Trinajstić information content (AvgIpc) is 3.23. The van der Waals surface area contributed by atoms with Crippen LogP contribution in [0.2, 0.25) is 0 Å². The summed E-state index contributed by atoms with van der Waals surface area (Å²) in [6, 6.07) is 12.2. The Hall–Kier alpha value is -2.66. The number of amides is 2. The van der Waals surface area contributed by atoms with Gasteiger partial charge in [-0.2, -0.15) is 0 Å². The van der Waals surface area contributed by atoms with Gasteiger partial charge in [-0.15, -0.1) is 0 Å². The summed E-state index contributed by atoms with van der Waals surface area (Å²) >= 11 is 0. The van der Waals surface area contributed by atoms with Crippen molar-refractivity contribution in [3.05, 3.63) is 69.8 Å². The van der Waals surface area contributed by atoms with Crippen molar-refractivity contribution in [3.8, 4) is 0 Å². The minimum absolute atomic E-state index is 0.0377. The Morgan fingerprint density at radius 1 is 1.00 bits per heavy atom. The van der Waals surface area contributed by atoms with Gasteiger partial charge in [0, 0.05) is 38.3 Å². The van der Waals surface area contributed by atoms with Gasteiger partial charge in [-0.05, 0) is 74.5 Å². The summed E-state index contributed by atoms with van der Waals surface area (Å²) in [6.45, 7) is 10.9. The van der Waals surface area contributed by atoms with Gasteiger partial charge in [-0.25, -0.2) is 0 Å². The lowest BCUT2D eigenvalue weighted by atomic mass is 9.94. The molecule has 164 valence electrons. The molecule has 1 fully saturated rings. The Morgan fingerprint density at radius 2 is 1.71 bits per heavy atom. The predicted molar refractivity (Wildman–Crippen MR) is 123 cm³/mol. The number of carbonyl (C=O) groups excluding carboxylic acids is 2. The van der Waals surface area contributed by atoms with E-state index in [2.05, 4.69) is 36.2 Å². The predicted octanol–water partition coefficient (Wildman–Crippen LogP) is 3.25. The SMILES string of the molecule is Cc1ccc(C(=O)NCCN2CCC(C(=O)N3CCc4cc(C)c(C)cc4C3)C2)cc1. The van der Waals surface area contributed by atoms with Crippen molar-refractivity contribution in [3.63, 3.8) is 0 Å². The largest absolute Gasteiger partial charge is 0.351 e. The maximum Gasteiger partial charge on any atom is 0.251 e. The first kappa shape index (κ1) is 21.6. The van der Waals surface area contributed by atoms with E-state index < -0.39 is 0 Å². The summed E-state index contributed by atoms with van der Waals surface area (Å²) in [5, 5.41) is 3.00. The number of hydrogen-bond donors (Lipinski definition) is 1. The maximum atomic E-state index is 13.1. The molecule has 0 saturated carbocycles.